The first-order valence-electron chi connectivity index (χ1n) is 5.99. The molecule has 0 aliphatic carbocycles. The first-order valence-corrected chi connectivity index (χ1v) is 5.99. The van der Waals surface area contributed by atoms with Gasteiger partial charge in [-0.15, -0.1) is 0 Å². The van der Waals surface area contributed by atoms with E-state index >= 15 is 0 Å². The Balaban J connectivity index is 2.24. The summed E-state index contributed by atoms with van der Waals surface area (Å²) in [4.78, 5) is 6.76. The van der Waals surface area contributed by atoms with Gasteiger partial charge in [0.25, 0.3) is 0 Å². The first kappa shape index (κ1) is 11.9. The van der Waals surface area contributed by atoms with Gasteiger partial charge in [-0.2, -0.15) is 0 Å². The first-order chi connectivity index (χ1) is 8.10. The fraction of sp³-hybridized carbons (Fsp3) is 0.462. The highest BCUT2D eigenvalue weighted by Gasteiger charge is 2.12. The van der Waals surface area contributed by atoms with Crippen molar-refractivity contribution in [3.05, 3.63) is 24.1 Å². The molecular formula is C13H19N3O. The van der Waals surface area contributed by atoms with Crippen LogP contribution in [0.1, 0.15) is 26.7 Å². The number of hydrogen-bond acceptors (Lipinski definition) is 4. The van der Waals surface area contributed by atoms with Crippen LogP contribution in [-0.2, 0) is 6.54 Å². The largest absolute Gasteiger partial charge is 0.439 e. The molecule has 0 atom stereocenters. The van der Waals surface area contributed by atoms with Gasteiger partial charge < -0.3 is 10.2 Å². The lowest BCUT2D eigenvalue weighted by Crippen LogP contribution is -2.30. The van der Waals surface area contributed by atoms with Gasteiger partial charge in [0.15, 0.2) is 5.58 Å². The number of aromatic nitrogens is 1. The second-order valence-electron chi connectivity index (χ2n) is 4.49. The van der Waals surface area contributed by atoms with E-state index in [9.17, 15) is 0 Å². The van der Waals surface area contributed by atoms with Crippen molar-refractivity contribution < 1.29 is 4.42 Å². The number of fused-ring (bicyclic) bond motifs is 1. The SMILES string of the molecule is CCN(Cc1nc2cc(N)ccc2o1)C(C)C. The molecule has 1 aromatic heterocycles. The van der Waals surface area contributed by atoms with Crippen LogP contribution in [0.4, 0.5) is 5.69 Å². The molecule has 0 spiro atoms. The Bertz CT molecular complexity index is 504. The molecule has 0 bridgehead atoms. The summed E-state index contributed by atoms with van der Waals surface area (Å²) in [6, 6.07) is 6.03. The van der Waals surface area contributed by atoms with E-state index in [4.69, 9.17) is 10.2 Å². The maximum absolute atomic E-state index is 5.72. The third kappa shape index (κ3) is 2.58. The summed E-state index contributed by atoms with van der Waals surface area (Å²) >= 11 is 0. The van der Waals surface area contributed by atoms with Crippen molar-refractivity contribution in [3.63, 3.8) is 0 Å². The van der Waals surface area contributed by atoms with Crippen LogP contribution in [0.2, 0.25) is 0 Å². The lowest BCUT2D eigenvalue weighted by molar-refractivity contribution is 0.205. The van der Waals surface area contributed by atoms with Gasteiger partial charge in [0.1, 0.15) is 5.52 Å². The molecule has 0 saturated heterocycles. The zero-order valence-corrected chi connectivity index (χ0v) is 10.6. The predicted molar refractivity (Wildman–Crippen MR) is 69.6 cm³/mol. The lowest BCUT2D eigenvalue weighted by Gasteiger charge is -2.22. The molecule has 0 aliphatic heterocycles. The van der Waals surface area contributed by atoms with E-state index < -0.39 is 0 Å². The quantitative estimate of drug-likeness (QED) is 0.825. The fourth-order valence-electron chi connectivity index (χ4n) is 1.89. The standard InChI is InChI=1S/C13H19N3O/c1-4-16(9(2)3)8-13-15-11-7-10(14)5-6-12(11)17-13/h5-7,9H,4,8,14H2,1-3H3. The Morgan fingerprint density at radius 2 is 2.18 bits per heavy atom. The maximum Gasteiger partial charge on any atom is 0.209 e. The van der Waals surface area contributed by atoms with Crippen molar-refractivity contribution in [1.82, 2.24) is 9.88 Å². The van der Waals surface area contributed by atoms with Gasteiger partial charge in [-0.25, -0.2) is 4.98 Å². The number of anilines is 1. The molecule has 17 heavy (non-hydrogen) atoms. The van der Waals surface area contributed by atoms with Crippen LogP contribution in [-0.4, -0.2) is 22.5 Å². The van der Waals surface area contributed by atoms with E-state index in [1.54, 1.807) is 0 Å². The van der Waals surface area contributed by atoms with E-state index in [-0.39, 0.29) is 0 Å². The molecule has 0 radical (unpaired) electrons. The predicted octanol–water partition coefficient (Wildman–Crippen LogP) is 2.64. The molecule has 0 amide bonds. The van der Waals surface area contributed by atoms with Crippen LogP contribution in [0.5, 0.6) is 0 Å². The normalized spacial score (nSPS) is 11.8. The Morgan fingerprint density at radius 1 is 1.41 bits per heavy atom. The molecule has 4 heteroatoms. The minimum absolute atomic E-state index is 0.486. The van der Waals surface area contributed by atoms with E-state index in [0.717, 1.165) is 30.1 Å². The Hall–Kier alpha value is -1.55. The van der Waals surface area contributed by atoms with Gasteiger partial charge in [0, 0.05) is 11.7 Å². The van der Waals surface area contributed by atoms with Gasteiger partial charge in [-0.3, -0.25) is 4.90 Å². The van der Waals surface area contributed by atoms with E-state index in [1.165, 1.54) is 0 Å². The Morgan fingerprint density at radius 3 is 2.82 bits per heavy atom. The summed E-state index contributed by atoms with van der Waals surface area (Å²) < 4.78 is 5.70. The summed E-state index contributed by atoms with van der Waals surface area (Å²) in [6.45, 7) is 8.20. The Kier molecular flexibility index (Phi) is 3.33. The van der Waals surface area contributed by atoms with Crippen molar-refractivity contribution in [2.45, 2.75) is 33.4 Å². The van der Waals surface area contributed by atoms with Crippen molar-refractivity contribution in [3.8, 4) is 0 Å². The molecule has 2 N–H and O–H groups in total. The molecule has 92 valence electrons. The maximum atomic E-state index is 5.72. The minimum atomic E-state index is 0.486. The molecule has 0 aliphatic rings. The number of rotatable bonds is 4. The molecular weight excluding hydrogens is 214 g/mol. The van der Waals surface area contributed by atoms with Gasteiger partial charge in [-0.1, -0.05) is 6.92 Å². The number of hydrogen-bond donors (Lipinski definition) is 1. The smallest absolute Gasteiger partial charge is 0.209 e. The lowest BCUT2D eigenvalue weighted by atomic mass is 10.3. The highest BCUT2D eigenvalue weighted by atomic mass is 16.3. The third-order valence-corrected chi connectivity index (χ3v) is 2.93. The summed E-state index contributed by atoms with van der Waals surface area (Å²) in [5, 5.41) is 0. The summed E-state index contributed by atoms with van der Waals surface area (Å²) in [7, 11) is 0. The number of nitrogen functional groups attached to an aromatic ring is 1. The van der Waals surface area contributed by atoms with Crippen molar-refractivity contribution in [2.75, 3.05) is 12.3 Å². The van der Waals surface area contributed by atoms with Crippen LogP contribution in [0.15, 0.2) is 22.6 Å². The second kappa shape index (κ2) is 4.75. The molecule has 0 unspecified atom stereocenters. The molecule has 2 aromatic rings. The molecule has 4 nitrogen and oxygen atoms in total. The summed E-state index contributed by atoms with van der Waals surface area (Å²) in [6.07, 6.45) is 0. The van der Waals surface area contributed by atoms with Gasteiger partial charge in [-0.05, 0) is 38.6 Å². The van der Waals surface area contributed by atoms with Crippen LogP contribution in [0, 0.1) is 0 Å². The van der Waals surface area contributed by atoms with Crippen molar-refractivity contribution in [1.29, 1.82) is 0 Å². The highest BCUT2D eigenvalue weighted by Crippen LogP contribution is 2.19. The van der Waals surface area contributed by atoms with Crippen LogP contribution >= 0.6 is 0 Å². The van der Waals surface area contributed by atoms with Crippen molar-refractivity contribution >= 4 is 16.8 Å². The van der Waals surface area contributed by atoms with Crippen LogP contribution in [0.25, 0.3) is 11.1 Å². The van der Waals surface area contributed by atoms with Gasteiger partial charge in [0.05, 0.1) is 6.54 Å². The number of oxazole rings is 1. The summed E-state index contributed by atoms with van der Waals surface area (Å²) in [5.41, 5.74) is 8.07. The average Bonchev–Trinajstić information content (AvgIpc) is 2.66. The zero-order valence-electron chi connectivity index (χ0n) is 10.6. The van der Waals surface area contributed by atoms with E-state index in [0.29, 0.717) is 11.7 Å². The van der Waals surface area contributed by atoms with Gasteiger partial charge in [0.2, 0.25) is 5.89 Å². The van der Waals surface area contributed by atoms with E-state index in [2.05, 4.69) is 30.7 Å². The third-order valence-electron chi connectivity index (χ3n) is 2.93. The molecule has 1 heterocycles. The topological polar surface area (TPSA) is 55.3 Å². The van der Waals surface area contributed by atoms with Crippen LogP contribution < -0.4 is 5.73 Å². The highest BCUT2D eigenvalue weighted by molar-refractivity contribution is 5.76. The average molecular weight is 233 g/mol. The Labute approximate surface area is 101 Å². The molecule has 0 saturated carbocycles. The number of nitrogens with two attached hydrogens (primary N) is 1. The molecule has 0 fully saturated rings. The molecule has 1 aromatic carbocycles. The monoisotopic (exact) mass is 233 g/mol. The summed E-state index contributed by atoms with van der Waals surface area (Å²) in [5.74, 6) is 0.751. The van der Waals surface area contributed by atoms with E-state index in [1.807, 2.05) is 18.2 Å². The van der Waals surface area contributed by atoms with Crippen molar-refractivity contribution in [2.24, 2.45) is 0 Å². The second-order valence-corrected chi connectivity index (χ2v) is 4.49. The van der Waals surface area contributed by atoms with Crippen LogP contribution in [0.3, 0.4) is 0 Å². The van der Waals surface area contributed by atoms with Gasteiger partial charge >= 0.3 is 0 Å². The molecule has 2 rings (SSSR count). The number of nitrogens with zero attached hydrogens (tertiary/aromatic N) is 2. The fourth-order valence-corrected chi connectivity index (χ4v) is 1.89. The zero-order chi connectivity index (χ0) is 12.4. The number of benzene rings is 1. The minimum Gasteiger partial charge on any atom is -0.439 e.